The first-order valence-electron chi connectivity index (χ1n) is 6.91. The van der Waals surface area contributed by atoms with Crippen molar-refractivity contribution in [3.05, 3.63) is 17.0 Å². The lowest BCUT2D eigenvalue weighted by Gasteiger charge is -2.25. The quantitative estimate of drug-likeness (QED) is 0.722. The van der Waals surface area contributed by atoms with Crippen molar-refractivity contribution in [1.29, 1.82) is 0 Å². The third-order valence-electron chi connectivity index (χ3n) is 3.49. The molecule has 0 aromatic carbocycles. The van der Waals surface area contributed by atoms with Gasteiger partial charge in [-0.1, -0.05) is 13.3 Å². The first-order valence-corrected chi connectivity index (χ1v) is 9.21. The van der Waals surface area contributed by atoms with E-state index in [0.29, 0.717) is 16.7 Å². The molecular weight excluding hydrogens is 280 g/mol. The first kappa shape index (κ1) is 15.0. The van der Waals surface area contributed by atoms with Crippen LogP contribution in [0.1, 0.15) is 31.1 Å². The van der Waals surface area contributed by atoms with Crippen molar-refractivity contribution in [3.63, 3.8) is 0 Å². The van der Waals surface area contributed by atoms with E-state index < -0.39 is 10.0 Å². The Balaban J connectivity index is 1.88. The van der Waals surface area contributed by atoms with Crippen LogP contribution in [-0.2, 0) is 16.4 Å². The smallest absolute Gasteiger partial charge is 0.250 e. The maximum Gasteiger partial charge on any atom is 0.250 e. The second-order valence-corrected chi connectivity index (χ2v) is 8.14. The van der Waals surface area contributed by atoms with Crippen molar-refractivity contribution in [1.82, 2.24) is 10.0 Å². The second kappa shape index (κ2) is 6.83. The number of thiophene rings is 1. The molecular formula is C13H22N2O2S2. The van der Waals surface area contributed by atoms with Crippen molar-refractivity contribution < 1.29 is 8.42 Å². The fourth-order valence-corrected chi connectivity index (χ4v) is 4.54. The zero-order valence-electron chi connectivity index (χ0n) is 11.3. The summed E-state index contributed by atoms with van der Waals surface area (Å²) in [6, 6.07) is 3.63. The van der Waals surface area contributed by atoms with Gasteiger partial charge >= 0.3 is 0 Å². The van der Waals surface area contributed by atoms with Crippen LogP contribution in [0.3, 0.4) is 0 Å². The highest BCUT2D eigenvalue weighted by molar-refractivity contribution is 7.91. The lowest BCUT2D eigenvalue weighted by Crippen LogP contribution is -2.31. The summed E-state index contributed by atoms with van der Waals surface area (Å²) in [5.74, 6) is 0.544. The fraction of sp³-hybridized carbons (Fsp3) is 0.692. The average Bonchev–Trinajstić information content (AvgIpc) is 2.76. The third-order valence-corrected chi connectivity index (χ3v) is 6.55. The van der Waals surface area contributed by atoms with E-state index in [9.17, 15) is 8.42 Å². The number of sulfonamides is 1. The van der Waals surface area contributed by atoms with E-state index in [2.05, 4.69) is 17.0 Å². The highest BCUT2D eigenvalue weighted by Gasteiger charge is 2.22. The molecule has 0 saturated heterocycles. The largest absolute Gasteiger partial charge is 0.317 e. The molecule has 1 aromatic rings. The van der Waals surface area contributed by atoms with Gasteiger partial charge < -0.3 is 5.32 Å². The molecule has 0 atom stereocenters. The Morgan fingerprint density at radius 2 is 2.16 bits per heavy atom. The predicted octanol–water partition coefficient (Wildman–Crippen LogP) is 1.98. The Kier molecular flexibility index (Phi) is 5.38. The SMILES string of the molecule is CCNCCc1ccc(S(=O)(=O)NCC2CCC2)s1. The van der Waals surface area contributed by atoms with E-state index in [1.807, 2.05) is 6.07 Å². The number of rotatable bonds is 8. The molecule has 19 heavy (non-hydrogen) atoms. The Morgan fingerprint density at radius 1 is 1.37 bits per heavy atom. The number of nitrogens with one attached hydrogen (secondary N) is 2. The summed E-state index contributed by atoms with van der Waals surface area (Å²) in [6.45, 7) is 4.49. The molecule has 0 bridgehead atoms. The molecule has 0 radical (unpaired) electrons. The Hall–Kier alpha value is -0.430. The fourth-order valence-electron chi connectivity index (χ4n) is 2.02. The van der Waals surface area contributed by atoms with Gasteiger partial charge in [0, 0.05) is 11.4 Å². The summed E-state index contributed by atoms with van der Waals surface area (Å²) in [5, 5.41) is 3.24. The lowest BCUT2D eigenvalue weighted by molar-refractivity contribution is 0.316. The first-order chi connectivity index (χ1) is 9.12. The van der Waals surface area contributed by atoms with Gasteiger partial charge in [-0.3, -0.25) is 0 Å². The Bertz CT molecular complexity index is 492. The number of likely N-dealkylation sites (N-methyl/N-ethyl adjacent to an activating group) is 1. The van der Waals surface area contributed by atoms with Gasteiger partial charge in [0.2, 0.25) is 10.0 Å². The van der Waals surface area contributed by atoms with Gasteiger partial charge in [0.1, 0.15) is 4.21 Å². The van der Waals surface area contributed by atoms with Crippen LogP contribution in [0, 0.1) is 5.92 Å². The topological polar surface area (TPSA) is 58.2 Å². The zero-order chi connectivity index (χ0) is 13.7. The maximum absolute atomic E-state index is 12.1. The zero-order valence-corrected chi connectivity index (χ0v) is 12.9. The Labute approximate surface area is 119 Å². The van der Waals surface area contributed by atoms with Crippen LogP contribution in [0.2, 0.25) is 0 Å². The average molecular weight is 302 g/mol. The summed E-state index contributed by atoms with van der Waals surface area (Å²) >= 11 is 1.38. The maximum atomic E-state index is 12.1. The molecule has 1 aliphatic carbocycles. The minimum absolute atomic E-state index is 0.443. The number of hydrogen-bond acceptors (Lipinski definition) is 4. The molecule has 1 aromatic heterocycles. The molecule has 108 valence electrons. The molecule has 1 heterocycles. The van der Waals surface area contributed by atoms with Crippen LogP contribution in [0.25, 0.3) is 0 Å². The van der Waals surface area contributed by atoms with E-state index in [0.717, 1.165) is 37.2 Å². The molecule has 0 unspecified atom stereocenters. The van der Waals surface area contributed by atoms with Gasteiger partial charge in [-0.25, -0.2) is 13.1 Å². The van der Waals surface area contributed by atoms with Gasteiger partial charge in [-0.05, 0) is 50.4 Å². The van der Waals surface area contributed by atoms with Gasteiger partial charge in [0.05, 0.1) is 0 Å². The summed E-state index contributed by atoms with van der Waals surface area (Å²) < 4.78 is 27.4. The predicted molar refractivity (Wildman–Crippen MR) is 79.1 cm³/mol. The van der Waals surface area contributed by atoms with Crippen molar-refractivity contribution in [2.45, 2.75) is 36.8 Å². The van der Waals surface area contributed by atoms with Gasteiger partial charge in [0.15, 0.2) is 0 Å². The highest BCUT2D eigenvalue weighted by Crippen LogP contribution is 2.27. The van der Waals surface area contributed by atoms with E-state index in [1.54, 1.807) is 6.07 Å². The molecule has 0 aliphatic heterocycles. The van der Waals surface area contributed by atoms with Gasteiger partial charge in [0.25, 0.3) is 0 Å². The monoisotopic (exact) mass is 302 g/mol. The van der Waals surface area contributed by atoms with Crippen molar-refractivity contribution in [3.8, 4) is 0 Å². The van der Waals surface area contributed by atoms with Crippen LogP contribution in [0.15, 0.2) is 16.3 Å². The van der Waals surface area contributed by atoms with Crippen LogP contribution in [0.5, 0.6) is 0 Å². The molecule has 1 saturated carbocycles. The van der Waals surface area contributed by atoms with Crippen LogP contribution < -0.4 is 10.0 Å². The summed E-state index contributed by atoms with van der Waals surface area (Å²) in [4.78, 5) is 1.12. The van der Waals surface area contributed by atoms with E-state index >= 15 is 0 Å². The standard InChI is InChI=1S/C13H22N2O2S2/c1-2-14-9-8-12-6-7-13(18-12)19(16,17)15-10-11-4-3-5-11/h6-7,11,14-15H,2-5,8-10H2,1H3. The summed E-state index contributed by atoms with van der Waals surface area (Å²) in [6.07, 6.45) is 4.43. The lowest BCUT2D eigenvalue weighted by atomic mass is 9.86. The third kappa shape index (κ3) is 4.27. The normalized spacial score (nSPS) is 16.5. The summed E-state index contributed by atoms with van der Waals surface area (Å²) in [5.41, 5.74) is 0. The van der Waals surface area contributed by atoms with Crippen molar-refractivity contribution in [2.75, 3.05) is 19.6 Å². The number of hydrogen-bond donors (Lipinski definition) is 2. The van der Waals surface area contributed by atoms with Crippen LogP contribution >= 0.6 is 11.3 Å². The van der Waals surface area contributed by atoms with E-state index in [4.69, 9.17) is 0 Å². The minimum Gasteiger partial charge on any atom is -0.317 e. The van der Waals surface area contributed by atoms with Crippen LogP contribution in [-0.4, -0.2) is 28.1 Å². The molecule has 1 fully saturated rings. The molecule has 0 spiro atoms. The molecule has 2 N–H and O–H groups in total. The molecule has 6 heteroatoms. The van der Waals surface area contributed by atoms with Crippen LogP contribution in [0.4, 0.5) is 0 Å². The minimum atomic E-state index is -3.29. The second-order valence-electron chi connectivity index (χ2n) is 4.97. The highest BCUT2D eigenvalue weighted by atomic mass is 32.2. The van der Waals surface area contributed by atoms with Crippen molar-refractivity contribution >= 4 is 21.4 Å². The van der Waals surface area contributed by atoms with E-state index in [1.165, 1.54) is 17.8 Å². The Morgan fingerprint density at radius 3 is 2.79 bits per heavy atom. The van der Waals surface area contributed by atoms with Gasteiger partial charge in [-0.2, -0.15) is 0 Å². The molecule has 4 nitrogen and oxygen atoms in total. The molecule has 0 amide bonds. The molecule has 2 rings (SSSR count). The molecule has 1 aliphatic rings. The van der Waals surface area contributed by atoms with Gasteiger partial charge in [-0.15, -0.1) is 11.3 Å². The van der Waals surface area contributed by atoms with E-state index in [-0.39, 0.29) is 0 Å². The van der Waals surface area contributed by atoms with Crippen molar-refractivity contribution in [2.24, 2.45) is 5.92 Å². The summed E-state index contributed by atoms with van der Waals surface area (Å²) in [7, 11) is -3.29.